The Morgan fingerprint density at radius 2 is 1.93 bits per heavy atom. The summed E-state index contributed by atoms with van der Waals surface area (Å²) in [5.74, 6) is 0.158. The minimum atomic E-state index is -1.67. The Hall–Kier alpha value is -2.70. The van der Waals surface area contributed by atoms with Crippen molar-refractivity contribution in [3.05, 3.63) is 35.5 Å². The Bertz CT molecular complexity index is 1380. The van der Waals surface area contributed by atoms with Gasteiger partial charge in [0, 0.05) is 6.20 Å². The number of carbonyl (C=O) groups excluding carboxylic acids is 2. The van der Waals surface area contributed by atoms with E-state index in [-0.39, 0.29) is 24.0 Å². The largest absolute Gasteiger partial charge is 0.496 e. The third-order valence-electron chi connectivity index (χ3n) is 9.62. The van der Waals surface area contributed by atoms with Gasteiger partial charge in [0.2, 0.25) is 5.91 Å². The normalized spacial score (nSPS) is 26.7. The van der Waals surface area contributed by atoms with Crippen molar-refractivity contribution >= 4 is 32.4 Å². The molecule has 5 atom stereocenters. The molecule has 1 unspecified atom stereocenters. The molecule has 0 radical (unpaired) electrons. The number of hydrogen-bond donors (Lipinski definition) is 1. The van der Waals surface area contributed by atoms with Gasteiger partial charge >= 0.3 is 13.1 Å². The van der Waals surface area contributed by atoms with E-state index in [9.17, 15) is 9.59 Å². The van der Waals surface area contributed by atoms with E-state index in [1.165, 1.54) is 7.11 Å². The van der Waals surface area contributed by atoms with Crippen LogP contribution in [0.2, 0.25) is 19.6 Å². The zero-order chi connectivity index (χ0) is 31.5. The lowest BCUT2D eigenvalue weighted by Gasteiger charge is -2.64. The maximum atomic E-state index is 13.5. The molecule has 4 aliphatic rings. The van der Waals surface area contributed by atoms with Crippen LogP contribution in [0, 0.1) is 17.3 Å². The standard InChI is InChI=1S/C31H47BN4O6Si/c1-29(2,3)40-28(38)21-13-11-12-19(27(21)39-7)14-24(33-25(37)17-36-18-26(34-35-36)43(8,9)10)32-41-23-16-20-15-22(30(20,4)5)31(23,6)42-32/h11-13,18,20,22-24H,14-17H2,1-10H3,(H,33,37)/t20-,22-,23+,24?,31-/m0/s1. The van der Waals surface area contributed by atoms with Crippen LogP contribution in [0.5, 0.6) is 5.75 Å². The molecule has 2 bridgehead atoms. The molecule has 2 heterocycles. The molecule has 1 aromatic carbocycles. The van der Waals surface area contributed by atoms with Crippen LogP contribution in [0.1, 0.15) is 70.3 Å². The summed E-state index contributed by atoms with van der Waals surface area (Å²) in [7, 11) is -0.800. The maximum Gasteiger partial charge on any atom is 0.482 e. The Morgan fingerprint density at radius 1 is 1.21 bits per heavy atom. The molecule has 0 spiro atoms. The van der Waals surface area contributed by atoms with Crippen LogP contribution in [-0.4, -0.2) is 72.4 Å². The van der Waals surface area contributed by atoms with Crippen molar-refractivity contribution in [3.8, 4) is 5.75 Å². The van der Waals surface area contributed by atoms with Gasteiger partial charge in [-0.05, 0) is 75.8 Å². The molecule has 1 aliphatic heterocycles. The van der Waals surface area contributed by atoms with E-state index >= 15 is 0 Å². The van der Waals surface area contributed by atoms with Crippen LogP contribution < -0.4 is 15.4 Å². The number of nitrogens with zero attached hydrogens (tertiary/aromatic N) is 3. The van der Waals surface area contributed by atoms with E-state index in [0.717, 1.165) is 23.7 Å². The van der Waals surface area contributed by atoms with Crippen molar-refractivity contribution in [2.24, 2.45) is 17.3 Å². The highest BCUT2D eigenvalue weighted by Gasteiger charge is 2.68. The number of benzene rings is 1. The summed E-state index contributed by atoms with van der Waals surface area (Å²) >= 11 is 0. The van der Waals surface area contributed by atoms with E-state index in [1.807, 2.05) is 33.0 Å². The summed E-state index contributed by atoms with van der Waals surface area (Å²) < 4.78 is 26.4. The summed E-state index contributed by atoms with van der Waals surface area (Å²) in [5.41, 5.74) is 0.172. The average molecular weight is 611 g/mol. The zero-order valence-electron chi connectivity index (χ0n) is 27.3. The molecule has 43 heavy (non-hydrogen) atoms. The smallest absolute Gasteiger partial charge is 0.482 e. The van der Waals surface area contributed by atoms with E-state index in [0.29, 0.717) is 29.6 Å². The molecule has 1 saturated heterocycles. The van der Waals surface area contributed by atoms with Crippen LogP contribution >= 0.6 is 0 Å². The van der Waals surface area contributed by atoms with Crippen molar-refractivity contribution < 1.29 is 28.4 Å². The van der Waals surface area contributed by atoms with Gasteiger partial charge in [-0.1, -0.05) is 50.8 Å². The number of para-hydroxylation sites is 1. The third kappa shape index (κ3) is 6.15. The topological polar surface area (TPSA) is 114 Å². The van der Waals surface area contributed by atoms with E-state index in [1.54, 1.807) is 16.8 Å². The van der Waals surface area contributed by atoms with Crippen molar-refractivity contribution in [2.45, 2.75) is 110 Å². The van der Waals surface area contributed by atoms with Gasteiger partial charge in [-0.2, -0.15) is 0 Å². The second-order valence-electron chi connectivity index (χ2n) is 15.3. The third-order valence-corrected chi connectivity index (χ3v) is 11.4. The molecule has 1 amide bonds. The number of aromatic nitrogens is 3. The van der Waals surface area contributed by atoms with E-state index < -0.39 is 38.3 Å². The van der Waals surface area contributed by atoms with Crippen molar-refractivity contribution in [3.63, 3.8) is 0 Å². The van der Waals surface area contributed by atoms with Crippen LogP contribution in [0.15, 0.2) is 24.4 Å². The van der Waals surface area contributed by atoms with Gasteiger partial charge in [-0.15, -0.1) is 5.10 Å². The van der Waals surface area contributed by atoms with Gasteiger partial charge in [0.05, 0.1) is 30.1 Å². The molecule has 1 N–H and O–H groups in total. The van der Waals surface area contributed by atoms with Gasteiger partial charge in [0.25, 0.3) is 0 Å². The van der Waals surface area contributed by atoms with Crippen molar-refractivity contribution in [2.75, 3.05) is 7.11 Å². The van der Waals surface area contributed by atoms with Crippen molar-refractivity contribution in [1.29, 1.82) is 0 Å². The highest BCUT2D eigenvalue weighted by molar-refractivity contribution is 6.88. The molecular formula is C31H47BN4O6Si. The molecular weight excluding hydrogens is 563 g/mol. The first-order chi connectivity index (χ1) is 19.9. The van der Waals surface area contributed by atoms with Gasteiger partial charge in [0.15, 0.2) is 0 Å². The number of esters is 1. The number of amides is 1. The predicted octanol–water partition coefficient (Wildman–Crippen LogP) is 3.78. The minimum absolute atomic E-state index is 0.0220. The SMILES string of the molecule is COc1c(CC(NC(=O)Cn2cc([Si](C)(C)C)nn2)B2O[C@@H]3C[C@@H]4C[C@@H](C4(C)C)[C@]3(C)O2)cccc1C(=O)OC(C)(C)C. The molecule has 12 heteroatoms. The molecule has 2 aromatic rings. The minimum Gasteiger partial charge on any atom is -0.496 e. The molecule has 4 fully saturated rings. The first-order valence-electron chi connectivity index (χ1n) is 15.3. The monoisotopic (exact) mass is 610 g/mol. The Balaban J connectivity index is 1.41. The number of hydrogen-bond acceptors (Lipinski definition) is 8. The van der Waals surface area contributed by atoms with Crippen LogP contribution in [-0.2, 0) is 31.8 Å². The lowest BCUT2D eigenvalue weighted by molar-refractivity contribution is -0.199. The fraction of sp³-hybridized carbons (Fsp3) is 0.677. The number of nitrogens with one attached hydrogen (secondary N) is 1. The van der Waals surface area contributed by atoms with Crippen LogP contribution in [0.3, 0.4) is 0 Å². The highest BCUT2D eigenvalue weighted by atomic mass is 28.3. The van der Waals surface area contributed by atoms with Gasteiger partial charge in [-0.3, -0.25) is 4.79 Å². The Labute approximate surface area is 256 Å². The average Bonchev–Trinajstić information content (AvgIpc) is 3.50. The van der Waals surface area contributed by atoms with E-state index in [4.69, 9.17) is 18.8 Å². The van der Waals surface area contributed by atoms with E-state index in [2.05, 4.69) is 56.0 Å². The van der Waals surface area contributed by atoms with Crippen LogP contribution in [0.4, 0.5) is 0 Å². The number of ether oxygens (including phenoxy) is 2. The number of methoxy groups -OCH3 is 1. The summed E-state index contributed by atoms with van der Waals surface area (Å²) in [6.07, 6.45) is 4.21. The van der Waals surface area contributed by atoms with Gasteiger partial charge in [-0.25, -0.2) is 9.48 Å². The summed E-state index contributed by atoms with van der Waals surface area (Å²) in [4.78, 5) is 26.5. The first kappa shape index (κ1) is 31.7. The molecule has 1 aromatic heterocycles. The molecule has 6 rings (SSSR count). The lowest BCUT2D eigenvalue weighted by atomic mass is 9.43. The lowest BCUT2D eigenvalue weighted by Crippen LogP contribution is -2.65. The fourth-order valence-electron chi connectivity index (χ4n) is 7.12. The summed E-state index contributed by atoms with van der Waals surface area (Å²) in [6.45, 7) is 18.9. The highest BCUT2D eigenvalue weighted by Crippen LogP contribution is 2.65. The molecule has 10 nitrogen and oxygen atoms in total. The summed E-state index contributed by atoms with van der Waals surface area (Å²) in [6, 6.07) is 5.39. The number of rotatable bonds is 9. The van der Waals surface area contributed by atoms with Gasteiger partial charge < -0.3 is 24.1 Å². The molecule has 3 aliphatic carbocycles. The Morgan fingerprint density at radius 3 is 2.53 bits per heavy atom. The summed E-state index contributed by atoms with van der Waals surface area (Å²) in [5, 5.41) is 12.6. The molecule has 3 saturated carbocycles. The first-order valence-corrected chi connectivity index (χ1v) is 18.8. The number of carbonyl (C=O) groups is 2. The van der Waals surface area contributed by atoms with Crippen molar-refractivity contribution in [1.82, 2.24) is 20.3 Å². The second kappa shape index (κ2) is 11.0. The quantitative estimate of drug-likeness (QED) is 0.337. The maximum absolute atomic E-state index is 13.5. The van der Waals surface area contributed by atoms with Gasteiger partial charge in [0.1, 0.15) is 31.5 Å². The molecule has 234 valence electrons. The second-order valence-corrected chi connectivity index (χ2v) is 20.3. The Kier molecular flexibility index (Phi) is 8.14. The predicted molar refractivity (Wildman–Crippen MR) is 167 cm³/mol. The fourth-order valence-corrected chi connectivity index (χ4v) is 8.00. The zero-order valence-corrected chi connectivity index (χ0v) is 28.3. The van der Waals surface area contributed by atoms with Crippen LogP contribution in [0.25, 0.3) is 0 Å².